The first-order valence-electron chi connectivity index (χ1n) is 6.93. The van der Waals surface area contributed by atoms with Crippen LogP contribution in [0.25, 0.3) is 0 Å². The Hall–Kier alpha value is -0.113. The van der Waals surface area contributed by atoms with Crippen LogP contribution in [0, 0.1) is 17.3 Å². The summed E-state index contributed by atoms with van der Waals surface area (Å²) in [4.78, 5) is 24.4. The molecule has 0 aromatic rings. The third-order valence-electron chi connectivity index (χ3n) is 4.11. The Kier molecular flexibility index (Phi) is 6.07. The van der Waals surface area contributed by atoms with Crippen LogP contribution in [0.15, 0.2) is 0 Å². The molecule has 1 fully saturated rings. The summed E-state index contributed by atoms with van der Waals surface area (Å²) in [7, 11) is 1.45. The largest absolute Gasteiger partial charge is 0.468 e. The molecule has 6 heteroatoms. The third-order valence-corrected chi connectivity index (χ3v) is 6.99. The molecule has 20 heavy (non-hydrogen) atoms. The van der Waals surface area contributed by atoms with E-state index in [1.807, 2.05) is 0 Å². The predicted octanol–water partition coefficient (Wildman–Crippen LogP) is 3.12. The lowest BCUT2D eigenvalue weighted by Gasteiger charge is -2.25. The van der Waals surface area contributed by atoms with Gasteiger partial charge in [0.25, 0.3) is 0 Å². The Bertz CT molecular complexity index is 362. The zero-order chi connectivity index (χ0) is 15.6. The van der Waals surface area contributed by atoms with Crippen molar-refractivity contribution in [1.82, 2.24) is 0 Å². The molecular formula is C14H25IO4Si. The molecule has 0 N–H and O–H groups in total. The number of ether oxygens (including phenoxy) is 2. The van der Waals surface area contributed by atoms with E-state index in [4.69, 9.17) is 9.47 Å². The number of halogens is 1. The van der Waals surface area contributed by atoms with E-state index < -0.39 is 25.4 Å². The number of carbonyl (C=O) groups excluding carboxylic acids is 2. The number of carbonyl (C=O) groups is 2. The van der Waals surface area contributed by atoms with Gasteiger partial charge in [0.15, 0.2) is 5.41 Å². The van der Waals surface area contributed by atoms with Gasteiger partial charge in [-0.25, -0.2) is 0 Å². The normalized spacial score (nSPS) is 25.3. The zero-order valence-electron chi connectivity index (χ0n) is 13.0. The van der Waals surface area contributed by atoms with Gasteiger partial charge in [0.05, 0.1) is 14.2 Å². The van der Waals surface area contributed by atoms with Crippen molar-refractivity contribution in [1.29, 1.82) is 0 Å². The summed E-state index contributed by atoms with van der Waals surface area (Å²) in [6, 6.07) is 1.14. The minimum atomic E-state index is -1.24. The maximum Gasteiger partial charge on any atom is 0.323 e. The molecule has 0 spiro atoms. The van der Waals surface area contributed by atoms with Gasteiger partial charge in [-0.3, -0.25) is 9.59 Å². The van der Waals surface area contributed by atoms with Gasteiger partial charge in [0.1, 0.15) is 0 Å². The molecule has 0 unspecified atom stereocenters. The van der Waals surface area contributed by atoms with Crippen molar-refractivity contribution in [2.24, 2.45) is 17.3 Å². The van der Waals surface area contributed by atoms with E-state index in [9.17, 15) is 9.59 Å². The Morgan fingerprint density at radius 3 is 1.90 bits per heavy atom. The van der Waals surface area contributed by atoms with E-state index in [1.54, 1.807) is 0 Å². The number of methoxy groups -OCH3 is 2. The van der Waals surface area contributed by atoms with Crippen molar-refractivity contribution in [2.45, 2.75) is 38.5 Å². The van der Waals surface area contributed by atoms with Crippen molar-refractivity contribution in [3.05, 3.63) is 0 Å². The van der Waals surface area contributed by atoms with Crippen LogP contribution in [0.1, 0.15) is 12.8 Å². The molecule has 0 aliphatic heterocycles. The molecule has 0 amide bonds. The highest BCUT2D eigenvalue weighted by atomic mass is 127. The average Bonchev–Trinajstić information content (AvgIpc) is 2.74. The molecule has 1 aliphatic rings. The smallest absolute Gasteiger partial charge is 0.323 e. The maximum absolute atomic E-state index is 12.2. The maximum atomic E-state index is 12.2. The summed E-state index contributed by atoms with van der Waals surface area (Å²) < 4.78 is 10.8. The Balaban J connectivity index is 3.05. The molecule has 1 saturated carbocycles. The Morgan fingerprint density at radius 1 is 1.10 bits per heavy atom. The molecular weight excluding hydrogens is 387 g/mol. The highest BCUT2D eigenvalue weighted by molar-refractivity contribution is 14.1. The van der Waals surface area contributed by atoms with Gasteiger partial charge in [-0.05, 0) is 24.7 Å². The summed E-state index contributed by atoms with van der Waals surface area (Å²) in [6.45, 7) is 6.98. The first kappa shape index (κ1) is 17.9. The number of hydrogen-bond acceptors (Lipinski definition) is 4. The number of rotatable bonds is 5. The highest BCUT2D eigenvalue weighted by Crippen LogP contribution is 2.50. The van der Waals surface area contributed by atoms with Crippen LogP contribution in [-0.2, 0) is 19.1 Å². The van der Waals surface area contributed by atoms with Crippen molar-refractivity contribution in [2.75, 3.05) is 18.6 Å². The molecule has 0 bridgehead atoms. The molecule has 0 heterocycles. The first-order chi connectivity index (χ1) is 9.20. The van der Waals surface area contributed by atoms with E-state index >= 15 is 0 Å². The van der Waals surface area contributed by atoms with Crippen LogP contribution in [0.4, 0.5) is 0 Å². The van der Waals surface area contributed by atoms with E-state index in [1.165, 1.54) is 14.2 Å². The molecule has 2 atom stereocenters. The van der Waals surface area contributed by atoms with Gasteiger partial charge < -0.3 is 9.47 Å². The van der Waals surface area contributed by atoms with Gasteiger partial charge in [0, 0.05) is 12.5 Å². The number of alkyl halides is 1. The summed E-state index contributed by atoms with van der Waals surface area (Å²) in [5.74, 6) is -0.0631. The van der Waals surface area contributed by atoms with Gasteiger partial charge in [0.2, 0.25) is 0 Å². The molecule has 0 aromatic heterocycles. The third kappa shape index (κ3) is 3.75. The summed E-state index contributed by atoms with van der Waals surface area (Å²) in [5, 5.41) is 0. The lowest BCUT2D eigenvalue weighted by Crippen LogP contribution is -2.39. The fraction of sp³-hybridized carbons (Fsp3) is 0.857. The van der Waals surface area contributed by atoms with Crippen molar-refractivity contribution in [3.8, 4) is 0 Å². The Morgan fingerprint density at radius 2 is 1.55 bits per heavy atom. The lowest BCUT2D eigenvalue weighted by molar-refractivity contribution is -0.169. The lowest BCUT2D eigenvalue weighted by atomic mass is 9.85. The van der Waals surface area contributed by atoms with Crippen molar-refractivity contribution >= 4 is 42.6 Å². The molecule has 4 nitrogen and oxygen atoms in total. The molecule has 0 aromatic carbocycles. The molecule has 0 saturated heterocycles. The number of esters is 2. The number of hydrogen-bond donors (Lipinski definition) is 0. The average molecular weight is 412 g/mol. The van der Waals surface area contributed by atoms with Crippen molar-refractivity contribution < 1.29 is 19.1 Å². The second-order valence-corrected chi connectivity index (χ2v) is 13.3. The van der Waals surface area contributed by atoms with E-state index in [0.29, 0.717) is 24.7 Å². The van der Waals surface area contributed by atoms with Crippen LogP contribution in [0.3, 0.4) is 0 Å². The quantitative estimate of drug-likeness (QED) is 0.229. The molecule has 1 aliphatic carbocycles. The minimum Gasteiger partial charge on any atom is -0.468 e. The fourth-order valence-electron chi connectivity index (χ4n) is 3.33. The second kappa shape index (κ2) is 6.77. The van der Waals surface area contributed by atoms with Crippen LogP contribution in [-0.4, -0.2) is 38.7 Å². The van der Waals surface area contributed by atoms with Gasteiger partial charge in [-0.2, -0.15) is 0 Å². The highest BCUT2D eigenvalue weighted by Gasteiger charge is 2.57. The first-order valence-corrected chi connectivity index (χ1v) is 12.2. The van der Waals surface area contributed by atoms with Gasteiger partial charge in [-0.15, -0.1) is 0 Å². The van der Waals surface area contributed by atoms with Crippen LogP contribution in [0.2, 0.25) is 25.7 Å². The van der Waals surface area contributed by atoms with Gasteiger partial charge in [-0.1, -0.05) is 48.3 Å². The Labute approximate surface area is 136 Å². The van der Waals surface area contributed by atoms with Crippen LogP contribution < -0.4 is 0 Å². The van der Waals surface area contributed by atoms with E-state index in [2.05, 4.69) is 42.2 Å². The molecule has 116 valence electrons. The summed E-state index contributed by atoms with van der Waals surface area (Å²) in [5.41, 5.74) is -1.08. The summed E-state index contributed by atoms with van der Waals surface area (Å²) >= 11 is 2.36. The SMILES string of the molecule is COC(=O)C1(C(=O)OC)C[C@@H](CI)[C@@H](C[Si](C)(C)C)C1. The molecule has 0 radical (unpaired) electrons. The van der Waals surface area contributed by atoms with E-state index in [0.717, 1.165) is 10.5 Å². The van der Waals surface area contributed by atoms with Crippen molar-refractivity contribution in [3.63, 3.8) is 0 Å². The topological polar surface area (TPSA) is 52.6 Å². The second-order valence-electron chi connectivity index (χ2n) is 6.91. The monoisotopic (exact) mass is 412 g/mol. The van der Waals surface area contributed by atoms with Crippen LogP contribution in [0.5, 0.6) is 0 Å². The molecule has 1 rings (SSSR count). The summed E-state index contributed by atoms with van der Waals surface area (Å²) in [6.07, 6.45) is 1.13. The zero-order valence-corrected chi connectivity index (χ0v) is 16.2. The van der Waals surface area contributed by atoms with E-state index in [-0.39, 0.29) is 0 Å². The van der Waals surface area contributed by atoms with Gasteiger partial charge >= 0.3 is 11.9 Å². The van der Waals surface area contributed by atoms with Crippen LogP contribution >= 0.6 is 22.6 Å². The minimum absolute atomic E-state index is 0.389. The fourth-order valence-corrected chi connectivity index (χ4v) is 6.41. The predicted molar refractivity (Wildman–Crippen MR) is 89.7 cm³/mol. The standard InChI is InChI=1S/C14H25IO4Si/c1-18-12(16)14(13(17)19-2)6-10(8-15)11(7-14)9-20(3,4)5/h10-11H,6-9H2,1-5H3/t10-,11+/m0/s1.